The normalized spacial score (nSPS) is 30.9. The van der Waals surface area contributed by atoms with E-state index in [1.807, 2.05) is 0 Å². The number of hydrogen-bond donors (Lipinski definition) is 2. The fourth-order valence-corrected chi connectivity index (χ4v) is 2.61. The minimum atomic E-state index is -0.828. The highest BCUT2D eigenvalue weighted by Gasteiger charge is 2.32. The Balaban J connectivity index is 1.88. The monoisotopic (exact) mass is 268 g/mol. The highest BCUT2D eigenvalue weighted by molar-refractivity contribution is 5.76. The van der Waals surface area contributed by atoms with Gasteiger partial charge in [-0.05, 0) is 19.3 Å². The third kappa shape index (κ3) is 3.26. The van der Waals surface area contributed by atoms with Crippen LogP contribution in [0.25, 0.3) is 0 Å². The van der Waals surface area contributed by atoms with Crippen molar-refractivity contribution >= 4 is 12.0 Å². The van der Waals surface area contributed by atoms with Crippen molar-refractivity contribution in [1.29, 1.82) is 0 Å². The van der Waals surface area contributed by atoms with Gasteiger partial charge in [-0.25, -0.2) is 4.79 Å². The van der Waals surface area contributed by atoms with Crippen LogP contribution < -0.4 is 5.32 Å². The van der Waals surface area contributed by atoms with Crippen LogP contribution in [0.2, 0.25) is 0 Å². The third-order valence-electron chi connectivity index (χ3n) is 3.73. The Kier molecular flexibility index (Phi) is 4.42. The van der Waals surface area contributed by atoms with Crippen molar-refractivity contribution in [2.24, 2.45) is 5.92 Å². The molecule has 2 fully saturated rings. The molecule has 0 spiro atoms. The Morgan fingerprint density at radius 1 is 1.42 bits per heavy atom. The summed E-state index contributed by atoms with van der Waals surface area (Å²) in [4.78, 5) is 24.7. The molecule has 2 aliphatic heterocycles. The lowest BCUT2D eigenvalue weighted by atomic mass is 9.98. The molecule has 0 aromatic heterocycles. The molecule has 106 valence electrons. The Labute approximate surface area is 112 Å². The zero-order valence-electron chi connectivity index (χ0n) is 10.9. The van der Waals surface area contributed by atoms with Crippen LogP contribution in [0.3, 0.4) is 0 Å². The largest absolute Gasteiger partial charge is 0.481 e. The molecule has 0 bridgehead atoms. The van der Waals surface area contributed by atoms with E-state index in [-0.39, 0.29) is 24.7 Å². The summed E-state index contributed by atoms with van der Waals surface area (Å²) in [7, 11) is 0. The van der Waals surface area contributed by atoms with Crippen LogP contribution in [0.15, 0.2) is 12.7 Å². The topological polar surface area (TPSA) is 78.9 Å². The van der Waals surface area contributed by atoms with E-state index in [0.717, 1.165) is 12.8 Å². The van der Waals surface area contributed by atoms with Gasteiger partial charge >= 0.3 is 12.0 Å². The summed E-state index contributed by atoms with van der Waals surface area (Å²) in [6.45, 7) is 5.19. The molecule has 2 rings (SSSR count). The standard InChI is InChI=1S/C13H20N2O4/c1-2-11-10(5-7-19-11)14-13(18)15-6-3-4-9(8-15)12(16)17/h2,9-11H,1,3-8H2,(H,14,18)(H,16,17)/t9?,10-,11+/m1/s1. The number of urea groups is 1. The number of nitrogens with one attached hydrogen (secondary N) is 1. The van der Waals surface area contributed by atoms with Gasteiger partial charge in [0.05, 0.1) is 18.1 Å². The first kappa shape index (κ1) is 13.9. The van der Waals surface area contributed by atoms with Crippen LogP contribution in [0.1, 0.15) is 19.3 Å². The van der Waals surface area contributed by atoms with Gasteiger partial charge in [-0.1, -0.05) is 6.08 Å². The van der Waals surface area contributed by atoms with Gasteiger partial charge in [0, 0.05) is 19.7 Å². The number of amides is 2. The fourth-order valence-electron chi connectivity index (χ4n) is 2.61. The number of carboxylic acid groups (broad SMARTS) is 1. The summed E-state index contributed by atoms with van der Waals surface area (Å²) in [6.07, 6.45) is 3.67. The number of likely N-dealkylation sites (tertiary alicyclic amines) is 1. The SMILES string of the molecule is C=C[C@@H]1OCC[C@H]1NC(=O)N1CCCC(C(=O)O)C1. The van der Waals surface area contributed by atoms with E-state index in [0.29, 0.717) is 19.6 Å². The maximum atomic E-state index is 12.1. The molecule has 6 nitrogen and oxygen atoms in total. The molecule has 0 aromatic rings. The lowest BCUT2D eigenvalue weighted by Crippen LogP contribution is -2.51. The number of ether oxygens (including phenoxy) is 1. The summed E-state index contributed by atoms with van der Waals surface area (Å²) in [5.41, 5.74) is 0. The van der Waals surface area contributed by atoms with Crippen LogP contribution in [0, 0.1) is 5.92 Å². The van der Waals surface area contributed by atoms with Gasteiger partial charge in [0.1, 0.15) is 0 Å². The molecular weight excluding hydrogens is 248 g/mol. The lowest BCUT2D eigenvalue weighted by Gasteiger charge is -2.32. The predicted molar refractivity (Wildman–Crippen MR) is 68.8 cm³/mol. The second-order valence-electron chi connectivity index (χ2n) is 5.04. The lowest BCUT2D eigenvalue weighted by molar-refractivity contribution is -0.143. The number of carboxylic acids is 1. The van der Waals surface area contributed by atoms with Crippen LogP contribution in [0.5, 0.6) is 0 Å². The van der Waals surface area contributed by atoms with Gasteiger partial charge in [0.2, 0.25) is 0 Å². The zero-order valence-corrected chi connectivity index (χ0v) is 10.9. The molecule has 2 aliphatic rings. The molecule has 0 aliphatic carbocycles. The van der Waals surface area contributed by atoms with Crippen molar-refractivity contribution in [1.82, 2.24) is 10.2 Å². The smallest absolute Gasteiger partial charge is 0.317 e. The van der Waals surface area contributed by atoms with Gasteiger partial charge in [-0.2, -0.15) is 0 Å². The van der Waals surface area contributed by atoms with E-state index in [9.17, 15) is 9.59 Å². The average Bonchev–Trinajstić information content (AvgIpc) is 2.86. The van der Waals surface area contributed by atoms with Crippen LogP contribution in [0.4, 0.5) is 4.79 Å². The second kappa shape index (κ2) is 6.06. The van der Waals surface area contributed by atoms with Gasteiger partial charge in [-0.15, -0.1) is 6.58 Å². The van der Waals surface area contributed by atoms with Gasteiger partial charge in [0.15, 0.2) is 0 Å². The van der Waals surface area contributed by atoms with E-state index < -0.39 is 11.9 Å². The van der Waals surface area contributed by atoms with Crippen molar-refractivity contribution < 1.29 is 19.4 Å². The molecule has 0 aromatic carbocycles. The first-order chi connectivity index (χ1) is 9.11. The molecule has 1 unspecified atom stereocenters. The maximum Gasteiger partial charge on any atom is 0.317 e. The van der Waals surface area contributed by atoms with Crippen LogP contribution in [-0.4, -0.2) is 53.8 Å². The number of aliphatic carboxylic acids is 1. The van der Waals surface area contributed by atoms with Crippen molar-refractivity contribution in [2.45, 2.75) is 31.4 Å². The molecule has 19 heavy (non-hydrogen) atoms. The quantitative estimate of drug-likeness (QED) is 0.743. The third-order valence-corrected chi connectivity index (χ3v) is 3.73. The number of carbonyl (C=O) groups excluding carboxylic acids is 1. The second-order valence-corrected chi connectivity index (χ2v) is 5.04. The van der Waals surface area contributed by atoms with Crippen molar-refractivity contribution in [2.75, 3.05) is 19.7 Å². The highest BCUT2D eigenvalue weighted by Crippen LogP contribution is 2.18. The van der Waals surface area contributed by atoms with E-state index in [2.05, 4.69) is 11.9 Å². The molecule has 2 heterocycles. The number of hydrogen-bond acceptors (Lipinski definition) is 3. The molecule has 3 atom stereocenters. The number of rotatable bonds is 3. The van der Waals surface area contributed by atoms with Crippen LogP contribution in [-0.2, 0) is 9.53 Å². The predicted octanol–water partition coefficient (Wildman–Crippen LogP) is 0.836. The minimum absolute atomic E-state index is 0.0600. The molecule has 0 saturated carbocycles. The Morgan fingerprint density at radius 3 is 2.89 bits per heavy atom. The first-order valence-electron chi connectivity index (χ1n) is 6.64. The Hall–Kier alpha value is -1.56. The summed E-state index contributed by atoms with van der Waals surface area (Å²) in [5, 5.41) is 11.9. The van der Waals surface area contributed by atoms with E-state index in [1.54, 1.807) is 11.0 Å². The number of nitrogens with zero attached hydrogens (tertiary/aromatic N) is 1. The molecule has 2 amide bonds. The van der Waals surface area contributed by atoms with E-state index in [4.69, 9.17) is 9.84 Å². The van der Waals surface area contributed by atoms with Crippen molar-refractivity contribution in [3.63, 3.8) is 0 Å². The van der Waals surface area contributed by atoms with E-state index in [1.165, 1.54) is 0 Å². The Morgan fingerprint density at radius 2 is 2.21 bits per heavy atom. The summed E-state index contributed by atoms with van der Waals surface area (Å²) < 4.78 is 5.42. The molecular formula is C13H20N2O4. The number of carbonyl (C=O) groups is 2. The van der Waals surface area contributed by atoms with Crippen molar-refractivity contribution in [3.05, 3.63) is 12.7 Å². The van der Waals surface area contributed by atoms with E-state index >= 15 is 0 Å². The minimum Gasteiger partial charge on any atom is -0.481 e. The highest BCUT2D eigenvalue weighted by atomic mass is 16.5. The summed E-state index contributed by atoms with van der Waals surface area (Å²) >= 11 is 0. The van der Waals surface area contributed by atoms with Crippen molar-refractivity contribution in [3.8, 4) is 0 Å². The van der Waals surface area contributed by atoms with Crippen LogP contribution >= 0.6 is 0 Å². The summed E-state index contributed by atoms with van der Waals surface area (Å²) in [6, 6.07) is -0.261. The first-order valence-corrected chi connectivity index (χ1v) is 6.64. The van der Waals surface area contributed by atoms with Gasteiger partial charge in [-0.3, -0.25) is 4.79 Å². The van der Waals surface area contributed by atoms with Gasteiger partial charge < -0.3 is 20.1 Å². The van der Waals surface area contributed by atoms with Gasteiger partial charge in [0.25, 0.3) is 0 Å². The maximum absolute atomic E-state index is 12.1. The summed E-state index contributed by atoms with van der Waals surface area (Å²) in [5.74, 6) is -1.28. The zero-order chi connectivity index (χ0) is 13.8. The number of piperidine rings is 1. The molecule has 0 radical (unpaired) electrons. The molecule has 2 saturated heterocycles. The molecule has 6 heteroatoms. The molecule has 2 N–H and O–H groups in total. The average molecular weight is 268 g/mol. The fraction of sp³-hybridized carbons (Fsp3) is 0.692. The Bertz CT molecular complexity index is 372.